The minimum Gasteiger partial charge on any atom is -0.493 e. The van der Waals surface area contributed by atoms with Gasteiger partial charge in [0.15, 0.2) is 11.5 Å². The van der Waals surface area contributed by atoms with Gasteiger partial charge in [0, 0.05) is 24.7 Å². The molecule has 2 unspecified atom stereocenters. The van der Waals surface area contributed by atoms with Gasteiger partial charge in [-0.05, 0) is 18.2 Å². The number of aliphatic imine (C=N–C) groups is 1. The fraction of sp³-hybridized carbons (Fsp3) is 0.316. The van der Waals surface area contributed by atoms with Crippen LogP contribution in [0.3, 0.4) is 0 Å². The van der Waals surface area contributed by atoms with Crippen molar-refractivity contribution in [1.29, 1.82) is 0 Å². The second-order valence-electron chi connectivity index (χ2n) is 6.11. The Morgan fingerprint density at radius 3 is 2.79 bits per heavy atom. The minimum atomic E-state index is -0.189. The van der Waals surface area contributed by atoms with Gasteiger partial charge in [-0.15, -0.1) is 0 Å². The number of nitrogens with zero attached hydrogens (tertiary/aromatic N) is 1. The molecule has 2 aliphatic rings. The molecule has 2 aliphatic heterocycles. The highest BCUT2D eigenvalue weighted by molar-refractivity contribution is 5.85. The van der Waals surface area contributed by atoms with E-state index < -0.39 is 0 Å². The lowest BCUT2D eigenvalue weighted by atomic mass is 9.93. The van der Waals surface area contributed by atoms with Gasteiger partial charge in [0.05, 0.1) is 31.1 Å². The molecule has 124 valence electrons. The molecule has 5 nitrogen and oxygen atoms in total. The van der Waals surface area contributed by atoms with Crippen LogP contribution in [0.5, 0.6) is 11.5 Å². The summed E-state index contributed by atoms with van der Waals surface area (Å²) >= 11 is 0. The number of hydrogen-bond acceptors (Lipinski definition) is 5. The van der Waals surface area contributed by atoms with E-state index in [1.54, 1.807) is 7.11 Å². The number of ether oxygens (including phenoxy) is 2. The van der Waals surface area contributed by atoms with Gasteiger partial charge in [-0.1, -0.05) is 30.3 Å². The van der Waals surface area contributed by atoms with E-state index in [2.05, 4.69) is 33.8 Å². The van der Waals surface area contributed by atoms with Crippen molar-refractivity contribution in [3.8, 4) is 11.5 Å². The molecule has 2 heterocycles. The lowest BCUT2D eigenvalue weighted by Crippen LogP contribution is -2.42. The summed E-state index contributed by atoms with van der Waals surface area (Å²) in [7, 11) is 1.66. The summed E-state index contributed by atoms with van der Waals surface area (Å²) in [4.78, 5) is 4.54. The molecule has 5 heteroatoms. The first-order valence-corrected chi connectivity index (χ1v) is 8.22. The predicted octanol–water partition coefficient (Wildman–Crippen LogP) is 2.59. The van der Waals surface area contributed by atoms with E-state index >= 15 is 0 Å². The zero-order chi connectivity index (χ0) is 16.4. The maximum absolute atomic E-state index is 5.87. The standard InChI is InChI=1S/C19H21N3O2/c1-23-16-8-4-5-9-17(16)24-11-10-18-21-13-19(22-18)12-20-15-7-3-2-6-14(15)19/h2-9,12,18,21-22H,10-11,13H2,1H3. The first kappa shape index (κ1) is 15.2. The first-order chi connectivity index (χ1) is 11.8. The summed E-state index contributed by atoms with van der Waals surface area (Å²) in [6.45, 7) is 1.45. The van der Waals surface area contributed by atoms with Crippen LogP contribution in [-0.2, 0) is 5.54 Å². The van der Waals surface area contributed by atoms with Gasteiger partial charge in [0.1, 0.15) is 0 Å². The second kappa shape index (κ2) is 6.26. The van der Waals surface area contributed by atoms with Crippen molar-refractivity contribution in [3.63, 3.8) is 0 Å². The van der Waals surface area contributed by atoms with E-state index in [1.165, 1.54) is 5.56 Å². The zero-order valence-corrected chi connectivity index (χ0v) is 13.7. The normalized spacial score (nSPS) is 24.3. The summed E-state index contributed by atoms with van der Waals surface area (Å²) in [5.41, 5.74) is 2.11. The molecular weight excluding hydrogens is 302 g/mol. The Labute approximate surface area is 141 Å². The van der Waals surface area contributed by atoms with Gasteiger partial charge in [-0.25, -0.2) is 0 Å². The van der Waals surface area contributed by atoms with Crippen molar-refractivity contribution in [1.82, 2.24) is 10.6 Å². The van der Waals surface area contributed by atoms with Crippen molar-refractivity contribution in [2.75, 3.05) is 20.3 Å². The highest BCUT2D eigenvalue weighted by Gasteiger charge is 2.42. The molecule has 0 aromatic heterocycles. The van der Waals surface area contributed by atoms with E-state index in [-0.39, 0.29) is 11.7 Å². The van der Waals surface area contributed by atoms with Gasteiger partial charge < -0.3 is 9.47 Å². The van der Waals surface area contributed by atoms with Crippen LogP contribution in [0.2, 0.25) is 0 Å². The van der Waals surface area contributed by atoms with Crippen LogP contribution in [0.25, 0.3) is 0 Å². The SMILES string of the molecule is COc1ccccc1OCCC1NCC2(C=Nc3ccccc32)N1. The fourth-order valence-electron chi connectivity index (χ4n) is 3.36. The van der Waals surface area contributed by atoms with Crippen LogP contribution in [-0.4, -0.2) is 32.6 Å². The summed E-state index contributed by atoms with van der Waals surface area (Å²) < 4.78 is 11.2. The van der Waals surface area contributed by atoms with E-state index in [9.17, 15) is 0 Å². The first-order valence-electron chi connectivity index (χ1n) is 8.22. The van der Waals surface area contributed by atoms with Gasteiger partial charge in [-0.3, -0.25) is 15.6 Å². The number of nitrogens with one attached hydrogen (secondary N) is 2. The van der Waals surface area contributed by atoms with E-state index in [0.717, 1.165) is 30.2 Å². The summed E-state index contributed by atoms with van der Waals surface area (Å²) in [6.07, 6.45) is 3.07. The predicted molar refractivity (Wildman–Crippen MR) is 94.3 cm³/mol. The Bertz CT molecular complexity index is 762. The Morgan fingerprint density at radius 1 is 1.12 bits per heavy atom. The highest BCUT2D eigenvalue weighted by Crippen LogP contribution is 2.36. The van der Waals surface area contributed by atoms with E-state index in [1.807, 2.05) is 36.5 Å². The minimum absolute atomic E-state index is 0.189. The maximum atomic E-state index is 5.87. The van der Waals surface area contributed by atoms with Crippen molar-refractivity contribution >= 4 is 11.9 Å². The molecule has 2 aromatic rings. The molecule has 2 aromatic carbocycles. The summed E-state index contributed by atoms with van der Waals surface area (Å²) in [5.74, 6) is 1.54. The summed E-state index contributed by atoms with van der Waals surface area (Å²) in [5, 5.41) is 7.20. The van der Waals surface area contributed by atoms with Crippen molar-refractivity contribution in [2.45, 2.75) is 18.1 Å². The number of para-hydroxylation sites is 3. The van der Waals surface area contributed by atoms with Crippen LogP contribution >= 0.6 is 0 Å². The summed E-state index contributed by atoms with van der Waals surface area (Å²) in [6, 6.07) is 16.0. The molecule has 1 saturated heterocycles. The Morgan fingerprint density at radius 2 is 1.92 bits per heavy atom. The van der Waals surface area contributed by atoms with Crippen molar-refractivity contribution in [3.05, 3.63) is 54.1 Å². The van der Waals surface area contributed by atoms with Crippen molar-refractivity contribution in [2.24, 2.45) is 4.99 Å². The van der Waals surface area contributed by atoms with Crippen LogP contribution in [0, 0.1) is 0 Å². The average molecular weight is 323 g/mol. The molecule has 0 radical (unpaired) electrons. The van der Waals surface area contributed by atoms with Crippen LogP contribution in [0.4, 0.5) is 5.69 Å². The molecule has 2 N–H and O–H groups in total. The number of benzene rings is 2. The van der Waals surface area contributed by atoms with Crippen LogP contribution < -0.4 is 20.1 Å². The molecule has 0 saturated carbocycles. The second-order valence-corrected chi connectivity index (χ2v) is 6.11. The monoisotopic (exact) mass is 323 g/mol. The molecule has 1 fully saturated rings. The lowest BCUT2D eigenvalue weighted by molar-refractivity contribution is 0.268. The third-order valence-electron chi connectivity index (χ3n) is 4.60. The Balaban J connectivity index is 1.36. The molecule has 24 heavy (non-hydrogen) atoms. The smallest absolute Gasteiger partial charge is 0.161 e. The number of hydrogen-bond donors (Lipinski definition) is 2. The molecule has 4 rings (SSSR count). The molecular formula is C19H21N3O2. The molecule has 1 spiro atoms. The molecule has 2 atom stereocenters. The maximum Gasteiger partial charge on any atom is 0.161 e. The Kier molecular flexibility index (Phi) is 3.96. The lowest BCUT2D eigenvalue weighted by Gasteiger charge is -2.22. The van der Waals surface area contributed by atoms with E-state index in [0.29, 0.717) is 6.61 Å². The quantitative estimate of drug-likeness (QED) is 0.888. The average Bonchev–Trinajstić information content (AvgIpc) is 3.21. The molecule has 0 bridgehead atoms. The van der Waals surface area contributed by atoms with Gasteiger partial charge >= 0.3 is 0 Å². The number of rotatable bonds is 5. The third-order valence-corrected chi connectivity index (χ3v) is 4.60. The highest BCUT2D eigenvalue weighted by atomic mass is 16.5. The molecule has 0 aliphatic carbocycles. The van der Waals surface area contributed by atoms with E-state index in [4.69, 9.17) is 9.47 Å². The van der Waals surface area contributed by atoms with Crippen molar-refractivity contribution < 1.29 is 9.47 Å². The number of methoxy groups -OCH3 is 1. The molecule has 0 amide bonds. The van der Waals surface area contributed by atoms with Gasteiger partial charge in [-0.2, -0.15) is 0 Å². The van der Waals surface area contributed by atoms with Gasteiger partial charge in [0.25, 0.3) is 0 Å². The Hall–Kier alpha value is -2.37. The van der Waals surface area contributed by atoms with Gasteiger partial charge in [0.2, 0.25) is 0 Å². The van der Waals surface area contributed by atoms with Crippen LogP contribution in [0.15, 0.2) is 53.5 Å². The zero-order valence-electron chi connectivity index (χ0n) is 13.7. The number of fused-ring (bicyclic) bond motifs is 2. The fourth-order valence-corrected chi connectivity index (χ4v) is 3.36. The van der Waals surface area contributed by atoms with Crippen LogP contribution in [0.1, 0.15) is 12.0 Å². The topological polar surface area (TPSA) is 54.9 Å². The largest absolute Gasteiger partial charge is 0.493 e. The third kappa shape index (κ3) is 2.66.